The highest BCUT2D eigenvalue weighted by molar-refractivity contribution is 5.75. The highest BCUT2D eigenvalue weighted by atomic mass is 16.6. The van der Waals surface area contributed by atoms with Gasteiger partial charge in [0, 0.05) is 6.54 Å². The summed E-state index contributed by atoms with van der Waals surface area (Å²) in [5.74, 6) is 0.362. The molecule has 4 heteroatoms. The zero-order valence-electron chi connectivity index (χ0n) is 11.0. The van der Waals surface area contributed by atoms with Crippen molar-refractivity contribution in [2.24, 2.45) is 5.73 Å². The Bertz CT molecular complexity index is 362. The summed E-state index contributed by atoms with van der Waals surface area (Å²) in [7, 11) is 0. The Morgan fingerprint density at radius 1 is 1.28 bits per heavy atom. The van der Waals surface area contributed by atoms with Crippen molar-refractivity contribution in [2.75, 3.05) is 6.61 Å². The van der Waals surface area contributed by atoms with Crippen LogP contribution in [0.5, 0.6) is 5.75 Å². The van der Waals surface area contributed by atoms with E-state index >= 15 is 0 Å². The average molecular weight is 251 g/mol. The van der Waals surface area contributed by atoms with Crippen molar-refractivity contribution in [1.29, 1.82) is 0 Å². The lowest BCUT2D eigenvalue weighted by Gasteiger charge is -2.17. The van der Waals surface area contributed by atoms with E-state index in [4.69, 9.17) is 15.2 Å². The van der Waals surface area contributed by atoms with Crippen molar-refractivity contribution in [2.45, 2.75) is 39.3 Å². The number of carbonyl (C=O) groups is 1. The van der Waals surface area contributed by atoms with Crippen LogP contribution in [-0.2, 0) is 16.1 Å². The standard InChI is InChI=1S/C14H21NO3/c1-3-5-13(14(16)17-4-2)18-12-8-6-11(10-15)7-9-12/h6-9,13H,3-5,10,15H2,1-2H3. The molecule has 0 saturated carbocycles. The molecule has 0 radical (unpaired) electrons. The van der Waals surface area contributed by atoms with Gasteiger partial charge in [-0.15, -0.1) is 0 Å². The van der Waals surface area contributed by atoms with Crippen LogP contribution in [0.15, 0.2) is 24.3 Å². The third-order valence-corrected chi connectivity index (χ3v) is 2.54. The van der Waals surface area contributed by atoms with E-state index in [1.54, 1.807) is 6.92 Å². The third kappa shape index (κ3) is 4.37. The summed E-state index contributed by atoms with van der Waals surface area (Å²) in [6.45, 7) is 4.66. The predicted octanol–water partition coefficient (Wildman–Crippen LogP) is 2.26. The van der Waals surface area contributed by atoms with Crippen LogP contribution in [0, 0.1) is 0 Å². The molecule has 2 N–H and O–H groups in total. The normalized spacial score (nSPS) is 11.9. The van der Waals surface area contributed by atoms with Crippen molar-refractivity contribution in [3.8, 4) is 5.75 Å². The minimum atomic E-state index is -0.529. The van der Waals surface area contributed by atoms with Gasteiger partial charge in [-0.2, -0.15) is 0 Å². The summed E-state index contributed by atoms with van der Waals surface area (Å²) in [5.41, 5.74) is 6.55. The van der Waals surface area contributed by atoms with Gasteiger partial charge in [0.25, 0.3) is 0 Å². The highest BCUT2D eigenvalue weighted by Crippen LogP contribution is 2.16. The first-order chi connectivity index (χ1) is 8.71. The molecule has 0 aliphatic rings. The number of esters is 1. The van der Waals surface area contributed by atoms with E-state index < -0.39 is 6.10 Å². The molecular weight excluding hydrogens is 230 g/mol. The van der Waals surface area contributed by atoms with Crippen LogP contribution in [0.1, 0.15) is 32.3 Å². The number of nitrogens with two attached hydrogens (primary N) is 1. The Balaban J connectivity index is 2.66. The summed E-state index contributed by atoms with van der Waals surface area (Å²) >= 11 is 0. The lowest BCUT2D eigenvalue weighted by atomic mass is 10.2. The molecule has 4 nitrogen and oxygen atoms in total. The second-order valence-corrected chi connectivity index (χ2v) is 4.00. The smallest absolute Gasteiger partial charge is 0.347 e. The SMILES string of the molecule is CCCC(Oc1ccc(CN)cc1)C(=O)OCC. The minimum absolute atomic E-state index is 0.303. The summed E-state index contributed by atoms with van der Waals surface area (Å²) in [4.78, 5) is 11.7. The van der Waals surface area contributed by atoms with Crippen LogP contribution in [0.4, 0.5) is 0 Å². The molecule has 0 aromatic heterocycles. The van der Waals surface area contributed by atoms with Gasteiger partial charge in [-0.1, -0.05) is 25.5 Å². The van der Waals surface area contributed by atoms with Gasteiger partial charge in [0.15, 0.2) is 6.10 Å². The average Bonchev–Trinajstić information content (AvgIpc) is 2.39. The van der Waals surface area contributed by atoms with Gasteiger partial charge < -0.3 is 15.2 Å². The lowest BCUT2D eigenvalue weighted by Crippen LogP contribution is -2.29. The van der Waals surface area contributed by atoms with Gasteiger partial charge in [-0.3, -0.25) is 0 Å². The molecule has 0 aliphatic heterocycles. The molecular formula is C14H21NO3. The molecule has 0 saturated heterocycles. The molecule has 1 rings (SSSR count). The Morgan fingerprint density at radius 2 is 1.94 bits per heavy atom. The van der Waals surface area contributed by atoms with Crippen molar-refractivity contribution in [3.05, 3.63) is 29.8 Å². The van der Waals surface area contributed by atoms with Gasteiger partial charge in [-0.05, 0) is 31.0 Å². The van der Waals surface area contributed by atoms with Gasteiger partial charge in [-0.25, -0.2) is 4.79 Å². The van der Waals surface area contributed by atoms with E-state index in [2.05, 4.69) is 0 Å². The second-order valence-electron chi connectivity index (χ2n) is 4.00. The van der Waals surface area contributed by atoms with E-state index in [9.17, 15) is 4.79 Å². The van der Waals surface area contributed by atoms with Crippen LogP contribution in [0.25, 0.3) is 0 Å². The van der Waals surface area contributed by atoms with Crippen LogP contribution < -0.4 is 10.5 Å². The van der Waals surface area contributed by atoms with Crippen molar-refractivity contribution in [1.82, 2.24) is 0 Å². The molecule has 1 aromatic rings. The van der Waals surface area contributed by atoms with Crippen LogP contribution in [0.3, 0.4) is 0 Å². The summed E-state index contributed by atoms with van der Waals surface area (Å²) in [5, 5.41) is 0. The number of ether oxygens (including phenoxy) is 2. The zero-order chi connectivity index (χ0) is 13.4. The molecule has 0 bridgehead atoms. The van der Waals surface area contributed by atoms with Crippen LogP contribution in [0.2, 0.25) is 0 Å². The maximum atomic E-state index is 11.7. The van der Waals surface area contributed by atoms with Crippen molar-refractivity contribution in [3.63, 3.8) is 0 Å². The largest absolute Gasteiger partial charge is 0.479 e. The zero-order valence-corrected chi connectivity index (χ0v) is 11.0. The number of hydrogen-bond donors (Lipinski definition) is 1. The fourth-order valence-corrected chi connectivity index (χ4v) is 1.59. The predicted molar refractivity (Wildman–Crippen MR) is 70.3 cm³/mol. The molecule has 0 heterocycles. The van der Waals surface area contributed by atoms with E-state index in [0.717, 1.165) is 12.0 Å². The summed E-state index contributed by atoms with van der Waals surface area (Å²) in [6.07, 6.45) is 0.987. The summed E-state index contributed by atoms with van der Waals surface area (Å²) in [6, 6.07) is 7.43. The fourth-order valence-electron chi connectivity index (χ4n) is 1.59. The van der Waals surface area contributed by atoms with Crippen LogP contribution in [-0.4, -0.2) is 18.7 Å². The van der Waals surface area contributed by atoms with Crippen molar-refractivity contribution < 1.29 is 14.3 Å². The van der Waals surface area contributed by atoms with Crippen LogP contribution >= 0.6 is 0 Å². The fraction of sp³-hybridized carbons (Fsp3) is 0.500. The first-order valence-electron chi connectivity index (χ1n) is 6.33. The Kier molecular flexibility index (Phi) is 6.22. The van der Waals surface area contributed by atoms with Gasteiger partial charge in [0.2, 0.25) is 0 Å². The maximum absolute atomic E-state index is 11.7. The second kappa shape index (κ2) is 7.71. The lowest BCUT2D eigenvalue weighted by molar-refractivity contribution is -0.151. The monoisotopic (exact) mass is 251 g/mol. The first-order valence-corrected chi connectivity index (χ1v) is 6.33. The molecule has 18 heavy (non-hydrogen) atoms. The van der Waals surface area contributed by atoms with E-state index in [0.29, 0.717) is 25.3 Å². The van der Waals surface area contributed by atoms with E-state index in [1.807, 2.05) is 31.2 Å². The molecule has 0 spiro atoms. The van der Waals surface area contributed by atoms with Gasteiger partial charge >= 0.3 is 5.97 Å². The summed E-state index contributed by atoms with van der Waals surface area (Å²) < 4.78 is 10.6. The molecule has 1 unspecified atom stereocenters. The topological polar surface area (TPSA) is 61.5 Å². The first kappa shape index (κ1) is 14.5. The number of benzene rings is 1. The van der Waals surface area contributed by atoms with Gasteiger partial charge in [0.05, 0.1) is 6.61 Å². The highest BCUT2D eigenvalue weighted by Gasteiger charge is 2.20. The minimum Gasteiger partial charge on any atom is -0.479 e. The number of hydrogen-bond acceptors (Lipinski definition) is 4. The molecule has 0 fully saturated rings. The molecule has 1 atom stereocenters. The molecule has 0 aliphatic carbocycles. The van der Waals surface area contributed by atoms with E-state index in [1.165, 1.54) is 0 Å². The van der Waals surface area contributed by atoms with E-state index in [-0.39, 0.29) is 5.97 Å². The van der Waals surface area contributed by atoms with Crippen molar-refractivity contribution >= 4 is 5.97 Å². The molecule has 0 amide bonds. The number of carbonyl (C=O) groups excluding carboxylic acids is 1. The Hall–Kier alpha value is -1.55. The maximum Gasteiger partial charge on any atom is 0.347 e. The quantitative estimate of drug-likeness (QED) is 0.755. The number of rotatable bonds is 7. The Labute approximate surface area is 108 Å². The third-order valence-electron chi connectivity index (χ3n) is 2.54. The molecule has 100 valence electrons. The Morgan fingerprint density at radius 3 is 2.44 bits per heavy atom. The molecule has 1 aromatic carbocycles. The van der Waals surface area contributed by atoms with Gasteiger partial charge in [0.1, 0.15) is 5.75 Å².